The van der Waals surface area contributed by atoms with Crippen LogP contribution in [0.5, 0.6) is 0 Å². The number of nitrogens with zero attached hydrogens (tertiary/aromatic N) is 1. The molecule has 2 heteroatoms. The van der Waals surface area contributed by atoms with E-state index < -0.39 is 0 Å². The molecule has 0 unspecified atom stereocenters. The smallest absolute Gasteiger partial charge is 0.133 e. The molecular weight excluding hydrogens is 138 g/mol. The van der Waals surface area contributed by atoms with Crippen LogP contribution in [0, 0.1) is 19.3 Å². The van der Waals surface area contributed by atoms with Crippen LogP contribution in [0.25, 0.3) is 0 Å². The summed E-state index contributed by atoms with van der Waals surface area (Å²) in [4.78, 5) is 0. The topological polar surface area (TPSA) is 26.0 Å². The minimum Gasteiger partial charge on any atom is -0.361 e. The lowest BCUT2D eigenvalue weighted by Crippen LogP contribution is -2.13. The molecule has 0 aromatic carbocycles. The van der Waals surface area contributed by atoms with E-state index in [1.165, 1.54) is 0 Å². The van der Waals surface area contributed by atoms with Crippen LogP contribution in [0.3, 0.4) is 0 Å². The van der Waals surface area contributed by atoms with Gasteiger partial charge in [-0.25, -0.2) is 0 Å². The highest BCUT2D eigenvalue weighted by Crippen LogP contribution is 2.20. The normalized spacial score (nSPS) is 11.1. The largest absolute Gasteiger partial charge is 0.361 e. The molecule has 1 aromatic heterocycles. The molecule has 0 atom stereocenters. The molecule has 0 radical (unpaired) electrons. The zero-order valence-electron chi connectivity index (χ0n) is 7.01. The fraction of sp³-hybridized carbons (Fsp3) is 0.444. The summed E-state index contributed by atoms with van der Waals surface area (Å²) in [7, 11) is 0. The molecule has 1 aromatic rings. The van der Waals surface area contributed by atoms with Crippen molar-refractivity contribution in [2.24, 2.45) is 0 Å². The van der Waals surface area contributed by atoms with Gasteiger partial charge in [-0.05, 0) is 20.8 Å². The molecule has 0 fully saturated rings. The highest BCUT2D eigenvalue weighted by molar-refractivity contribution is 5.25. The molecule has 0 aliphatic rings. The van der Waals surface area contributed by atoms with Crippen molar-refractivity contribution in [2.75, 3.05) is 0 Å². The van der Waals surface area contributed by atoms with Gasteiger partial charge in [0.25, 0.3) is 0 Å². The van der Waals surface area contributed by atoms with Crippen LogP contribution >= 0.6 is 0 Å². The summed E-state index contributed by atoms with van der Waals surface area (Å²) in [6.07, 6.45) is 5.32. The van der Waals surface area contributed by atoms with Gasteiger partial charge < -0.3 is 4.52 Å². The second-order valence-electron chi connectivity index (χ2n) is 3.09. The summed E-state index contributed by atoms with van der Waals surface area (Å²) in [6, 6.07) is 1.86. The van der Waals surface area contributed by atoms with E-state index in [1.54, 1.807) is 0 Å². The molecule has 0 saturated carbocycles. The van der Waals surface area contributed by atoms with Gasteiger partial charge in [-0.15, -0.1) is 6.42 Å². The molecule has 0 aliphatic carbocycles. The average molecular weight is 149 g/mol. The molecule has 1 heterocycles. The Kier molecular flexibility index (Phi) is 1.74. The zero-order valence-corrected chi connectivity index (χ0v) is 7.01. The van der Waals surface area contributed by atoms with Gasteiger partial charge in [0.15, 0.2) is 0 Å². The Hall–Kier alpha value is -1.23. The van der Waals surface area contributed by atoms with Crippen LogP contribution in [0.1, 0.15) is 25.3 Å². The Bertz CT molecular complexity index is 291. The molecule has 2 nitrogen and oxygen atoms in total. The average Bonchev–Trinajstić information content (AvgIpc) is 2.36. The van der Waals surface area contributed by atoms with Gasteiger partial charge in [-0.3, -0.25) is 0 Å². The van der Waals surface area contributed by atoms with Gasteiger partial charge in [0, 0.05) is 6.07 Å². The number of hydrogen-bond acceptors (Lipinski definition) is 2. The number of hydrogen-bond donors (Lipinski definition) is 0. The highest BCUT2D eigenvalue weighted by atomic mass is 16.5. The van der Waals surface area contributed by atoms with E-state index in [4.69, 9.17) is 10.9 Å². The third-order valence-corrected chi connectivity index (χ3v) is 1.63. The van der Waals surface area contributed by atoms with Crippen molar-refractivity contribution in [3.8, 4) is 12.3 Å². The number of aryl methyl sites for hydroxylation is 1. The molecule has 0 saturated heterocycles. The van der Waals surface area contributed by atoms with Crippen LogP contribution < -0.4 is 0 Å². The number of rotatable bonds is 1. The molecule has 0 N–H and O–H groups in total. The van der Waals surface area contributed by atoms with Crippen molar-refractivity contribution < 1.29 is 4.52 Å². The van der Waals surface area contributed by atoms with Gasteiger partial charge in [-0.2, -0.15) is 0 Å². The van der Waals surface area contributed by atoms with Crippen molar-refractivity contribution >= 4 is 0 Å². The summed E-state index contributed by atoms with van der Waals surface area (Å²) < 4.78 is 4.91. The minimum absolute atomic E-state index is 0.322. The SMILES string of the molecule is C#CC(C)(C)c1cc(C)on1. The predicted molar refractivity (Wildman–Crippen MR) is 43.1 cm³/mol. The van der Waals surface area contributed by atoms with Gasteiger partial charge in [-0.1, -0.05) is 11.1 Å². The predicted octanol–water partition coefficient (Wildman–Crippen LogP) is 1.89. The van der Waals surface area contributed by atoms with Gasteiger partial charge >= 0.3 is 0 Å². The van der Waals surface area contributed by atoms with Crippen LogP contribution in [0.15, 0.2) is 10.6 Å². The lowest BCUT2D eigenvalue weighted by atomic mass is 9.91. The van der Waals surface area contributed by atoms with Gasteiger partial charge in [0.2, 0.25) is 0 Å². The van der Waals surface area contributed by atoms with E-state index in [9.17, 15) is 0 Å². The first-order valence-electron chi connectivity index (χ1n) is 3.48. The number of terminal acetylenes is 1. The maximum Gasteiger partial charge on any atom is 0.133 e. The Balaban J connectivity index is 3.04. The second-order valence-corrected chi connectivity index (χ2v) is 3.09. The summed E-state index contributed by atoms with van der Waals surface area (Å²) in [5.74, 6) is 3.44. The number of aromatic nitrogens is 1. The Labute approximate surface area is 66.6 Å². The van der Waals surface area contributed by atoms with Crippen molar-refractivity contribution in [3.05, 3.63) is 17.5 Å². The van der Waals surface area contributed by atoms with E-state index in [1.807, 2.05) is 26.8 Å². The summed E-state index contributed by atoms with van der Waals surface area (Å²) >= 11 is 0. The maximum atomic E-state index is 5.32. The van der Waals surface area contributed by atoms with E-state index in [0.717, 1.165) is 11.5 Å². The molecule has 58 valence electrons. The standard InChI is InChI=1S/C9H11NO/c1-5-9(3,4)8-6-7(2)11-10-8/h1,6H,2-4H3. The summed E-state index contributed by atoms with van der Waals surface area (Å²) in [5, 5.41) is 3.84. The fourth-order valence-electron chi connectivity index (χ4n) is 0.735. The van der Waals surface area contributed by atoms with Crippen molar-refractivity contribution in [3.63, 3.8) is 0 Å². The van der Waals surface area contributed by atoms with E-state index >= 15 is 0 Å². The lowest BCUT2D eigenvalue weighted by molar-refractivity contribution is 0.382. The van der Waals surface area contributed by atoms with Gasteiger partial charge in [0.05, 0.1) is 5.41 Å². The molecule has 0 spiro atoms. The van der Waals surface area contributed by atoms with Crippen LogP contribution in [0.2, 0.25) is 0 Å². The van der Waals surface area contributed by atoms with Crippen molar-refractivity contribution in [1.29, 1.82) is 0 Å². The van der Waals surface area contributed by atoms with Crippen molar-refractivity contribution in [2.45, 2.75) is 26.2 Å². The Morgan fingerprint density at radius 2 is 2.27 bits per heavy atom. The molecule has 11 heavy (non-hydrogen) atoms. The molecule has 1 rings (SSSR count). The van der Waals surface area contributed by atoms with E-state index in [2.05, 4.69) is 11.1 Å². The van der Waals surface area contributed by atoms with Gasteiger partial charge in [0.1, 0.15) is 11.5 Å². The molecule has 0 bridgehead atoms. The second kappa shape index (κ2) is 2.43. The molecule has 0 amide bonds. The first-order valence-corrected chi connectivity index (χ1v) is 3.48. The third-order valence-electron chi connectivity index (χ3n) is 1.63. The van der Waals surface area contributed by atoms with E-state index in [0.29, 0.717) is 0 Å². The lowest BCUT2D eigenvalue weighted by Gasteiger charge is -2.11. The summed E-state index contributed by atoms with van der Waals surface area (Å²) in [6.45, 7) is 5.72. The molecular formula is C9H11NO. The molecule has 0 aliphatic heterocycles. The maximum absolute atomic E-state index is 5.32. The monoisotopic (exact) mass is 149 g/mol. The quantitative estimate of drug-likeness (QED) is 0.570. The Morgan fingerprint density at radius 1 is 1.64 bits per heavy atom. The van der Waals surface area contributed by atoms with Crippen LogP contribution in [-0.4, -0.2) is 5.16 Å². The highest BCUT2D eigenvalue weighted by Gasteiger charge is 2.20. The third kappa shape index (κ3) is 1.43. The van der Waals surface area contributed by atoms with Crippen LogP contribution in [0.4, 0.5) is 0 Å². The zero-order chi connectivity index (χ0) is 8.48. The van der Waals surface area contributed by atoms with E-state index in [-0.39, 0.29) is 5.41 Å². The Morgan fingerprint density at radius 3 is 2.64 bits per heavy atom. The fourth-order valence-corrected chi connectivity index (χ4v) is 0.735. The van der Waals surface area contributed by atoms with Crippen molar-refractivity contribution in [1.82, 2.24) is 5.16 Å². The first kappa shape index (κ1) is 7.87. The first-order chi connectivity index (χ1) is 5.06. The summed E-state index contributed by atoms with van der Waals surface area (Å²) in [5.41, 5.74) is 0.495. The van der Waals surface area contributed by atoms with Crippen LogP contribution in [-0.2, 0) is 5.41 Å². The minimum atomic E-state index is -0.322.